The highest BCUT2D eigenvalue weighted by atomic mass is 19.2. The topological polar surface area (TPSA) is 35.5 Å². The molecule has 0 aliphatic heterocycles. The molecule has 1 atom stereocenters. The number of ether oxygens (including phenoxy) is 2. The predicted molar refractivity (Wildman–Crippen MR) is 134 cm³/mol. The Kier molecular flexibility index (Phi) is 8.67. The van der Waals surface area contributed by atoms with Crippen LogP contribution in [0.4, 0.5) is 26.3 Å². The largest absolute Gasteiger partial charge is 0.491 e. The highest BCUT2D eigenvalue weighted by Gasteiger charge is 2.28. The van der Waals surface area contributed by atoms with Gasteiger partial charge in [-0.2, -0.15) is 8.78 Å². The molecule has 0 saturated heterocycles. The predicted octanol–water partition coefficient (Wildman–Crippen LogP) is 8.33. The van der Waals surface area contributed by atoms with Crippen LogP contribution >= 0.6 is 0 Å². The Morgan fingerprint density at radius 1 is 0.769 bits per heavy atom. The van der Waals surface area contributed by atoms with E-state index >= 15 is 4.39 Å². The summed E-state index contributed by atoms with van der Waals surface area (Å²) in [6, 6.07) is 7.27. The van der Waals surface area contributed by atoms with Crippen LogP contribution in [0.5, 0.6) is 11.5 Å². The van der Waals surface area contributed by atoms with E-state index in [9.17, 15) is 26.7 Å². The monoisotopic (exact) mass is 548 g/mol. The van der Waals surface area contributed by atoms with Crippen molar-refractivity contribution in [3.05, 3.63) is 88.5 Å². The van der Waals surface area contributed by atoms with E-state index in [0.29, 0.717) is 18.4 Å². The summed E-state index contributed by atoms with van der Waals surface area (Å²) in [5.74, 6) is -9.83. The molecule has 0 N–H and O–H groups in total. The number of hydrogen-bond donors (Lipinski definition) is 0. The molecule has 9 heteroatoms. The second kappa shape index (κ2) is 12.0. The third-order valence-electron chi connectivity index (χ3n) is 6.67. The normalized spacial score (nSPS) is 15.2. The van der Waals surface area contributed by atoms with Crippen molar-refractivity contribution in [2.24, 2.45) is 5.92 Å². The summed E-state index contributed by atoms with van der Waals surface area (Å²) < 4.78 is 97.5. The van der Waals surface area contributed by atoms with E-state index in [-0.39, 0.29) is 42.7 Å². The van der Waals surface area contributed by atoms with Crippen molar-refractivity contribution in [2.75, 3.05) is 6.61 Å². The minimum absolute atomic E-state index is 0.0745. The van der Waals surface area contributed by atoms with Crippen LogP contribution in [-0.2, 0) is 11.2 Å². The van der Waals surface area contributed by atoms with Crippen LogP contribution in [0.3, 0.4) is 0 Å². The third kappa shape index (κ3) is 5.67. The van der Waals surface area contributed by atoms with E-state index in [4.69, 9.17) is 9.47 Å². The summed E-state index contributed by atoms with van der Waals surface area (Å²) in [4.78, 5) is 12.6. The summed E-state index contributed by atoms with van der Waals surface area (Å²) in [7, 11) is 0. The van der Waals surface area contributed by atoms with Gasteiger partial charge in [0, 0.05) is 16.7 Å². The molecular formula is C30H26F6O3. The quantitative estimate of drug-likeness (QED) is 0.161. The molecule has 1 aliphatic rings. The lowest BCUT2D eigenvalue weighted by Gasteiger charge is -2.22. The zero-order chi connectivity index (χ0) is 28.3. The first-order chi connectivity index (χ1) is 18.7. The Bertz CT molecular complexity index is 1430. The molecule has 39 heavy (non-hydrogen) atoms. The molecular weight excluding hydrogens is 522 g/mol. The molecule has 1 aliphatic carbocycles. The molecule has 3 nitrogen and oxygen atoms in total. The number of rotatable bonds is 8. The number of esters is 1. The van der Waals surface area contributed by atoms with E-state index in [2.05, 4.69) is 0 Å². The van der Waals surface area contributed by atoms with Gasteiger partial charge in [0.2, 0.25) is 11.6 Å². The lowest BCUT2D eigenvalue weighted by atomic mass is 9.86. The third-order valence-corrected chi connectivity index (χ3v) is 6.67. The zero-order valence-corrected chi connectivity index (χ0v) is 21.4. The maximum absolute atomic E-state index is 15.1. The first-order valence-corrected chi connectivity index (χ1v) is 12.6. The van der Waals surface area contributed by atoms with E-state index in [1.54, 1.807) is 13.0 Å². The van der Waals surface area contributed by atoms with Crippen LogP contribution in [0.25, 0.3) is 16.7 Å². The Balaban J connectivity index is 1.50. The highest BCUT2D eigenvalue weighted by molar-refractivity contribution is 5.78. The van der Waals surface area contributed by atoms with Gasteiger partial charge in [-0.3, -0.25) is 4.79 Å². The van der Waals surface area contributed by atoms with Crippen molar-refractivity contribution >= 4 is 11.5 Å². The Hall–Kier alpha value is -3.75. The average Bonchev–Trinajstić information content (AvgIpc) is 2.93. The summed E-state index contributed by atoms with van der Waals surface area (Å²) in [5.41, 5.74) is -0.370. The molecule has 1 unspecified atom stereocenters. The van der Waals surface area contributed by atoms with E-state index < -0.39 is 63.7 Å². The molecule has 4 rings (SSSR count). The van der Waals surface area contributed by atoms with E-state index in [1.165, 1.54) is 18.2 Å². The molecule has 206 valence electrons. The Morgan fingerprint density at radius 2 is 1.36 bits per heavy atom. The van der Waals surface area contributed by atoms with Gasteiger partial charge in [-0.05, 0) is 61.9 Å². The van der Waals surface area contributed by atoms with Crippen LogP contribution in [0.2, 0.25) is 0 Å². The molecule has 0 saturated carbocycles. The van der Waals surface area contributed by atoms with Gasteiger partial charge in [0.15, 0.2) is 34.8 Å². The summed E-state index contributed by atoms with van der Waals surface area (Å²) in [6.45, 7) is 3.52. The van der Waals surface area contributed by atoms with Crippen LogP contribution < -0.4 is 9.47 Å². The summed E-state index contributed by atoms with van der Waals surface area (Å²) in [5, 5.41) is 0. The van der Waals surface area contributed by atoms with Gasteiger partial charge in [0.05, 0.1) is 12.5 Å². The van der Waals surface area contributed by atoms with Crippen molar-refractivity contribution in [3.63, 3.8) is 0 Å². The maximum atomic E-state index is 15.1. The van der Waals surface area contributed by atoms with Crippen molar-refractivity contribution in [1.82, 2.24) is 0 Å². The molecule has 0 amide bonds. The minimum atomic E-state index is -1.36. The van der Waals surface area contributed by atoms with Gasteiger partial charge in [-0.1, -0.05) is 37.6 Å². The fraction of sp³-hybridized carbons (Fsp3) is 0.300. The standard InChI is InChI=1S/C30H26F6O3/c1-3-5-17-10-14-23(29(36)24(17)31)39-30(37)18-8-6-16(7-9-18)19-11-12-20(26(33)25(19)32)21-13-15-22(38-4-2)28(35)27(21)34/h6,10-15,18H,3-5,7-9H2,1-2H3. The second-order valence-corrected chi connectivity index (χ2v) is 9.18. The van der Waals surface area contributed by atoms with Crippen LogP contribution in [0, 0.1) is 40.8 Å². The Labute approximate surface area is 222 Å². The van der Waals surface area contributed by atoms with Crippen LogP contribution in [-0.4, -0.2) is 12.6 Å². The maximum Gasteiger partial charge on any atom is 0.314 e. The number of carbonyl (C=O) groups excluding carboxylic acids is 1. The average molecular weight is 549 g/mol. The van der Waals surface area contributed by atoms with Gasteiger partial charge in [-0.25, -0.2) is 17.6 Å². The highest BCUT2D eigenvalue weighted by Crippen LogP contribution is 2.37. The molecule has 3 aromatic carbocycles. The lowest BCUT2D eigenvalue weighted by molar-refractivity contribution is -0.139. The van der Waals surface area contributed by atoms with Crippen LogP contribution in [0.15, 0.2) is 42.5 Å². The molecule has 0 spiro atoms. The van der Waals surface area contributed by atoms with Gasteiger partial charge >= 0.3 is 5.97 Å². The first-order valence-electron chi connectivity index (χ1n) is 12.6. The van der Waals surface area contributed by atoms with Gasteiger partial charge < -0.3 is 9.47 Å². The van der Waals surface area contributed by atoms with Gasteiger partial charge in [0.25, 0.3) is 0 Å². The van der Waals surface area contributed by atoms with Crippen LogP contribution in [0.1, 0.15) is 50.7 Å². The summed E-state index contributed by atoms with van der Waals surface area (Å²) in [6.07, 6.45) is 2.99. The lowest BCUT2D eigenvalue weighted by Crippen LogP contribution is -2.23. The second-order valence-electron chi connectivity index (χ2n) is 9.18. The van der Waals surface area contributed by atoms with Crippen molar-refractivity contribution in [2.45, 2.75) is 46.0 Å². The Morgan fingerprint density at radius 3 is 2.00 bits per heavy atom. The van der Waals surface area contributed by atoms with Crippen molar-refractivity contribution in [1.29, 1.82) is 0 Å². The molecule has 3 aromatic rings. The summed E-state index contributed by atoms with van der Waals surface area (Å²) >= 11 is 0. The molecule has 0 heterocycles. The first kappa shape index (κ1) is 28.3. The number of allylic oxidation sites excluding steroid dienone is 2. The van der Waals surface area contributed by atoms with E-state index in [0.717, 1.165) is 18.2 Å². The van der Waals surface area contributed by atoms with Crippen molar-refractivity contribution < 1.29 is 40.6 Å². The molecule has 0 fully saturated rings. The number of halogens is 6. The SMILES string of the molecule is CCCc1ccc(OC(=O)C2CC=C(c3ccc(-c4ccc(OCC)c(F)c4F)c(F)c3F)CC2)c(F)c1F. The van der Waals surface area contributed by atoms with E-state index in [1.807, 2.05) is 6.92 Å². The number of hydrogen-bond acceptors (Lipinski definition) is 3. The van der Waals surface area contributed by atoms with Gasteiger partial charge in [0.1, 0.15) is 0 Å². The van der Waals surface area contributed by atoms with Crippen molar-refractivity contribution in [3.8, 4) is 22.6 Å². The fourth-order valence-electron chi connectivity index (χ4n) is 4.61. The number of carbonyl (C=O) groups is 1. The zero-order valence-electron chi connectivity index (χ0n) is 21.4. The smallest absolute Gasteiger partial charge is 0.314 e. The fourth-order valence-corrected chi connectivity index (χ4v) is 4.61. The molecule has 0 aromatic heterocycles. The molecule has 0 bridgehead atoms. The minimum Gasteiger partial charge on any atom is -0.491 e. The number of aryl methyl sites for hydroxylation is 1. The number of benzene rings is 3. The molecule has 0 radical (unpaired) electrons. The van der Waals surface area contributed by atoms with Gasteiger partial charge in [-0.15, -0.1) is 0 Å².